The molecule has 158 valence electrons. The maximum absolute atomic E-state index is 13.7. The van der Waals surface area contributed by atoms with Gasteiger partial charge in [-0.05, 0) is 42.3 Å². The van der Waals surface area contributed by atoms with Gasteiger partial charge < -0.3 is 4.90 Å². The molecular weight excluding hydrogens is 419 g/mol. The van der Waals surface area contributed by atoms with Crippen molar-refractivity contribution in [2.45, 2.75) is 18.9 Å². The molecule has 0 spiro atoms. The van der Waals surface area contributed by atoms with Crippen LogP contribution in [0.3, 0.4) is 0 Å². The molecule has 1 aliphatic heterocycles. The van der Waals surface area contributed by atoms with Gasteiger partial charge in [0.25, 0.3) is 5.91 Å². The summed E-state index contributed by atoms with van der Waals surface area (Å²) in [6, 6.07) is 8.95. The third-order valence-corrected chi connectivity index (χ3v) is 5.21. The quantitative estimate of drug-likeness (QED) is 0.587. The molecule has 0 saturated carbocycles. The van der Waals surface area contributed by atoms with Crippen LogP contribution in [-0.4, -0.2) is 56.5 Å². The van der Waals surface area contributed by atoms with Crippen LogP contribution in [0.2, 0.25) is 0 Å². The Morgan fingerprint density at radius 1 is 1.17 bits per heavy atom. The van der Waals surface area contributed by atoms with Crippen LogP contribution in [0.25, 0.3) is 5.65 Å². The van der Waals surface area contributed by atoms with Gasteiger partial charge in [0.05, 0.1) is 0 Å². The van der Waals surface area contributed by atoms with Crippen LogP contribution in [-0.2, 0) is 11.9 Å². The number of nitrogens with zero attached hydrogens (tertiary/aromatic N) is 5. The van der Waals surface area contributed by atoms with Crippen molar-refractivity contribution in [3.63, 3.8) is 0 Å². The Balaban J connectivity index is 1.47. The second-order valence-corrected chi connectivity index (χ2v) is 7.75. The average molecular weight is 438 g/mol. The first-order valence-electron chi connectivity index (χ1n) is 9.41. The van der Waals surface area contributed by atoms with E-state index in [2.05, 4.69) is 15.0 Å². The first kappa shape index (κ1) is 20.6. The number of amides is 1. The van der Waals surface area contributed by atoms with E-state index in [0.717, 1.165) is 16.1 Å². The predicted octanol–water partition coefficient (Wildman–Crippen LogP) is 3.42. The molecule has 30 heavy (non-hydrogen) atoms. The lowest BCUT2D eigenvalue weighted by Gasteiger charge is -2.34. The number of hydrogen-bond donors (Lipinski definition) is 0. The number of rotatable bonds is 4. The highest BCUT2D eigenvalue weighted by atomic mass is 35.5. The Morgan fingerprint density at radius 3 is 2.57 bits per heavy atom. The minimum Gasteiger partial charge on any atom is -0.335 e. The third kappa shape index (κ3) is 4.27. The molecule has 2 aromatic heterocycles. The molecular formula is C20H19ClF3N5O. The molecule has 1 fully saturated rings. The standard InChI is InChI=1S/C20H19ClF3N5O/c1-13-9-17(20(21,23)24)29-18(25-13)11-16(26-29)19(30)28-7-5-27(6-8-28)12-14-3-2-4-15(22)10-14/h2-4,9-11H,5-8,12H2,1H3. The highest BCUT2D eigenvalue weighted by Crippen LogP contribution is 2.32. The van der Waals surface area contributed by atoms with Crippen molar-refractivity contribution in [2.75, 3.05) is 26.2 Å². The molecule has 0 atom stereocenters. The van der Waals surface area contributed by atoms with Crippen LogP contribution in [0.5, 0.6) is 0 Å². The van der Waals surface area contributed by atoms with Crippen molar-refractivity contribution in [1.82, 2.24) is 24.4 Å². The van der Waals surface area contributed by atoms with Crippen LogP contribution in [0, 0.1) is 12.7 Å². The SMILES string of the molecule is Cc1cc(C(F)(F)Cl)n2nc(C(=O)N3CCN(Cc4cccc(F)c4)CC3)cc2n1. The summed E-state index contributed by atoms with van der Waals surface area (Å²) in [5.41, 5.74) is 0.853. The van der Waals surface area contributed by atoms with Crippen molar-refractivity contribution < 1.29 is 18.0 Å². The van der Waals surface area contributed by atoms with Crippen molar-refractivity contribution in [1.29, 1.82) is 0 Å². The lowest BCUT2D eigenvalue weighted by Crippen LogP contribution is -2.48. The summed E-state index contributed by atoms with van der Waals surface area (Å²) < 4.78 is 41.7. The minimum atomic E-state index is -3.64. The Bertz CT molecular complexity index is 1090. The number of alkyl halides is 3. The molecule has 1 aliphatic rings. The van der Waals surface area contributed by atoms with E-state index in [1.165, 1.54) is 18.2 Å². The monoisotopic (exact) mass is 437 g/mol. The zero-order valence-electron chi connectivity index (χ0n) is 16.2. The summed E-state index contributed by atoms with van der Waals surface area (Å²) in [7, 11) is 0. The van der Waals surface area contributed by atoms with Gasteiger partial charge in [-0.15, -0.1) is 0 Å². The molecule has 10 heteroatoms. The minimum absolute atomic E-state index is 0.0360. The lowest BCUT2D eigenvalue weighted by atomic mass is 10.2. The van der Waals surface area contributed by atoms with Crippen LogP contribution in [0.1, 0.15) is 27.4 Å². The molecule has 0 N–H and O–H groups in total. The fourth-order valence-corrected chi connectivity index (χ4v) is 3.71. The van der Waals surface area contributed by atoms with Crippen LogP contribution >= 0.6 is 11.6 Å². The number of hydrogen-bond acceptors (Lipinski definition) is 4. The first-order chi connectivity index (χ1) is 14.2. The van der Waals surface area contributed by atoms with Crippen molar-refractivity contribution in [2.24, 2.45) is 0 Å². The van der Waals surface area contributed by atoms with E-state index < -0.39 is 11.1 Å². The van der Waals surface area contributed by atoms with Gasteiger partial charge in [-0.3, -0.25) is 9.69 Å². The number of aryl methyl sites for hydroxylation is 1. The Morgan fingerprint density at radius 2 is 1.90 bits per heavy atom. The molecule has 0 aliphatic carbocycles. The summed E-state index contributed by atoms with van der Waals surface area (Å²) in [6.45, 7) is 4.28. The molecule has 0 radical (unpaired) electrons. The molecule has 3 aromatic rings. The zero-order chi connectivity index (χ0) is 21.5. The smallest absolute Gasteiger partial charge is 0.335 e. The third-order valence-electron chi connectivity index (χ3n) is 5.02. The molecule has 1 aromatic carbocycles. The van der Waals surface area contributed by atoms with Crippen molar-refractivity contribution >= 4 is 23.2 Å². The number of carbonyl (C=O) groups is 1. The van der Waals surface area contributed by atoms with Gasteiger partial charge in [-0.25, -0.2) is 13.9 Å². The Hall–Kier alpha value is -2.65. The number of halogens is 4. The fraction of sp³-hybridized carbons (Fsp3) is 0.350. The predicted molar refractivity (Wildman–Crippen MR) is 105 cm³/mol. The number of piperazine rings is 1. The van der Waals surface area contributed by atoms with E-state index in [-0.39, 0.29) is 23.1 Å². The topological polar surface area (TPSA) is 53.7 Å². The second-order valence-electron chi connectivity index (χ2n) is 7.28. The number of benzene rings is 1. The van der Waals surface area contributed by atoms with Gasteiger partial charge >= 0.3 is 5.38 Å². The summed E-state index contributed by atoms with van der Waals surface area (Å²) in [6.07, 6.45) is 0. The molecule has 0 bridgehead atoms. The molecule has 0 unspecified atom stereocenters. The van der Waals surface area contributed by atoms with Crippen LogP contribution in [0.4, 0.5) is 13.2 Å². The molecule has 1 amide bonds. The lowest BCUT2D eigenvalue weighted by molar-refractivity contribution is 0.0620. The van der Waals surface area contributed by atoms with Crippen molar-refractivity contribution in [3.05, 3.63) is 64.9 Å². The molecule has 1 saturated heterocycles. The van der Waals surface area contributed by atoms with Crippen LogP contribution in [0.15, 0.2) is 36.4 Å². The van der Waals surface area contributed by atoms with Gasteiger partial charge in [0, 0.05) is 44.5 Å². The van der Waals surface area contributed by atoms with Gasteiger partial charge in [0.2, 0.25) is 0 Å². The van der Waals surface area contributed by atoms with E-state index in [0.29, 0.717) is 38.4 Å². The fourth-order valence-electron chi connectivity index (χ4n) is 3.57. The summed E-state index contributed by atoms with van der Waals surface area (Å²) in [4.78, 5) is 20.8. The van der Waals surface area contributed by atoms with Crippen molar-refractivity contribution in [3.8, 4) is 0 Å². The first-order valence-corrected chi connectivity index (χ1v) is 9.79. The van der Waals surface area contributed by atoms with E-state index in [9.17, 15) is 18.0 Å². The van der Waals surface area contributed by atoms with E-state index >= 15 is 0 Å². The second kappa shape index (κ2) is 7.88. The van der Waals surface area contributed by atoms with E-state index in [1.54, 1.807) is 17.9 Å². The Labute approximate surface area is 175 Å². The van der Waals surface area contributed by atoms with Gasteiger partial charge in [0.1, 0.15) is 11.5 Å². The summed E-state index contributed by atoms with van der Waals surface area (Å²) in [5, 5.41) is 0.397. The molecule has 3 heterocycles. The zero-order valence-corrected chi connectivity index (χ0v) is 16.9. The Kier molecular flexibility index (Phi) is 5.42. The number of fused-ring (bicyclic) bond motifs is 1. The summed E-state index contributed by atoms with van der Waals surface area (Å²) in [5.74, 6) is -0.633. The maximum atomic E-state index is 13.7. The van der Waals surface area contributed by atoms with Gasteiger partial charge in [0.15, 0.2) is 11.3 Å². The van der Waals surface area contributed by atoms with Gasteiger partial charge in [-0.2, -0.15) is 13.9 Å². The summed E-state index contributed by atoms with van der Waals surface area (Å²) >= 11 is 5.19. The number of aromatic nitrogens is 3. The highest BCUT2D eigenvalue weighted by Gasteiger charge is 2.33. The highest BCUT2D eigenvalue weighted by molar-refractivity contribution is 6.21. The normalized spacial score (nSPS) is 15.7. The van der Waals surface area contributed by atoms with E-state index in [1.807, 2.05) is 6.07 Å². The largest absolute Gasteiger partial charge is 0.364 e. The van der Waals surface area contributed by atoms with Crippen LogP contribution < -0.4 is 0 Å². The molecule has 4 rings (SSSR count). The van der Waals surface area contributed by atoms with Gasteiger partial charge in [-0.1, -0.05) is 12.1 Å². The van der Waals surface area contributed by atoms with E-state index in [4.69, 9.17) is 11.6 Å². The number of carbonyl (C=O) groups excluding carboxylic acids is 1. The molecule has 6 nitrogen and oxygen atoms in total. The maximum Gasteiger partial charge on any atom is 0.364 e. The average Bonchev–Trinajstić information content (AvgIpc) is 3.10.